The molecule has 1 heterocycles. The number of carbonyl (C=O) groups is 1. The molecule has 3 rings (SSSR count). The Morgan fingerprint density at radius 2 is 1.81 bits per heavy atom. The van der Waals surface area contributed by atoms with Crippen LogP contribution in [0.3, 0.4) is 0 Å². The van der Waals surface area contributed by atoms with Gasteiger partial charge in [0.1, 0.15) is 6.54 Å². The molecule has 1 unspecified atom stereocenters. The van der Waals surface area contributed by atoms with Crippen LogP contribution in [0.25, 0.3) is 0 Å². The zero-order valence-electron chi connectivity index (χ0n) is 16.4. The minimum atomic E-state index is 0.113. The van der Waals surface area contributed by atoms with Gasteiger partial charge in [-0.05, 0) is 42.2 Å². The Kier molecular flexibility index (Phi) is 6.35. The number of carbonyl (C=O) groups excluding carboxylic acids is 1. The summed E-state index contributed by atoms with van der Waals surface area (Å²) in [5.74, 6) is 1.64. The summed E-state index contributed by atoms with van der Waals surface area (Å²) in [6.07, 6.45) is 1.81. The molecule has 1 amide bonds. The number of rotatable bonds is 7. The van der Waals surface area contributed by atoms with E-state index in [-0.39, 0.29) is 5.91 Å². The third-order valence-corrected chi connectivity index (χ3v) is 5.28. The molecule has 1 aliphatic rings. The molecule has 2 aromatic rings. The molecule has 0 saturated heterocycles. The number of nitrogens with one attached hydrogen (secondary N) is 2. The average Bonchev–Trinajstić information content (AvgIpc) is 2.68. The Morgan fingerprint density at radius 1 is 1.11 bits per heavy atom. The van der Waals surface area contributed by atoms with Crippen molar-refractivity contribution in [2.24, 2.45) is 0 Å². The van der Waals surface area contributed by atoms with Crippen molar-refractivity contribution in [2.75, 3.05) is 33.9 Å². The number of hydrogen-bond donors (Lipinski definition) is 2. The van der Waals surface area contributed by atoms with Gasteiger partial charge in [0.15, 0.2) is 18.0 Å². The molecule has 1 atom stereocenters. The molecule has 0 aromatic heterocycles. The molecule has 2 aromatic carbocycles. The van der Waals surface area contributed by atoms with Crippen LogP contribution in [-0.2, 0) is 24.2 Å². The Bertz CT molecular complexity index is 804. The Balaban J connectivity index is 1.52. The molecule has 5 nitrogen and oxygen atoms in total. The molecule has 144 valence electrons. The number of methoxy groups -OCH3 is 2. The summed E-state index contributed by atoms with van der Waals surface area (Å²) in [7, 11) is 3.31. The quantitative estimate of drug-likeness (QED) is 0.774. The maximum atomic E-state index is 12.3. The molecule has 27 heavy (non-hydrogen) atoms. The van der Waals surface area contributed by atoms with Gasteiger partial charge in [-0.25, -0.2) is 0 Å². The summed E-state index contributed by atoms with van der Waals surface area (Å²) in [6.45, 7) is 5.07. The van der Waals surface area contributed by atoms with Gasteiger partial charge < -0.3 is 19.7 Å². The van der Waals surface area contributed by atoms with Crippen molar-refractivity contribution in [3.8, 4) is 11.5 Å². The van der Waals surface area contributed by atoms with Crippen LogP contribution in [-0.4, -0.2) is 39.8 Å². The van der Waals surface area contributed by atoms with Crippen molar-refractivity contribution in [1.82, 2.24) is 5.32 Å². The fourth-order valence-electron chi connectivity index (χ4n) is 3.70. The smallest absolute Gasteiger partial charge is 0.275 e. The summed E-state index contributed by atoms with van der Waals surface area (Å²) in [5, 5.41) is 3.07. The van der Waals surface area contributed by atoms with E-state index >= 15 is 0 Å². The first-order valence-corrected chi connectivity index (χ1v) is 9.49. The first-order valence-electron chi connectivity index (χ1n) is 9.49. The lowest BCUT2D eigenvalue weighted by atomic mass is 9.99. The van der Waals surface area contributed by atoms with E-state index in [4.69, 9.17) is 9.47 Å². The number of amides is 1. The molecule has 2 N–H and O–H groups in total. The number of ether oxygens (including phenoxy) is 2. The van der Waals surface area contributed by atoms with Crippen molar-refractivity contribution >= 4 is 5.91 Å². The highest BCUT2D eigenvalue weighted by Gasteiger charge is 2.23. The van der Waals surface area contributed by atoms with Gasteiger partial charge in [-0.1, -0.05) is 24.3 Å². The topological polar surface area (TPSA) is 52.0 Å². The number of fused-ring (bicyclic) bond motifs is 1. The van der Waals surface area contributed by atoms with Gasteiger partial charge in [0, 0.05) is 18.5 Å². The van der Waals surface area contributed by atoms with Crippen LogP contribution in [0.4, 0.5) is 0 Å². The molecule has 0 aliphatic carbocycles. The van der Waals surface area contributed by atoms with Crippen molar-refractivity contribution < 1.29 is 19.2 Å². The zero-order chi connectivity index (χ0) is 19.2. The first kappa shape index (κ1) is 19.2. The van der Waals surface area contributed by atoms with E-state index in [1.807, 2.05) is 18.2 Å². The molecule has 0 bridgehead atoms. The number of quaternary nitrogens is 1. The lowest BCUT2D eigenvalue weighted by molar-refractivity contribution is -0.908. The van der Waals surface area contributed by atoms with Crippen LogP contribution in [0.5, 0.6) is 11.5 Å². The van der Waals surface area contributed by atoms with Gasteiger partial charge in [-0.2, -0.15) is 0 Å². The second-order valence-corrected chi connectivity index (χ2v) is 7.11. The third-order valence-electron chi connectivity index (χ3n) is 5.28. The standard InChI is InChI=1S/C22H28N2O3/c1-16-6-4-5-7-17(16)8-10-23-22(25)15-24-11-9-18-12-20(26-2)21(27-3)13-19(18)14-24/h4-7,12-13H,8-11,14-15H2,1-3H3,(H,23,25)/p+1. The Labute approximate surface area is 161 Å². The molecule has 0 radical (unpaired) electrons. The van der Waals surface area contributed by atoms with E-state index in [2.05, 4.69) is 30.4 Å². The SMILES string of the molecule is COc1cc2c(cc1OC)C[NH+](CC(=O)NCCc1ccccc1C)CC2. The van der Waals surface area contributed by atoms with Crippen LogP contribution in [0.1, 0.15) is 22.3 Å². The number of hydrogen-bond acceptors (Lipinski definition) is 3. The monoisotopic (exact) mass is 369 g/mol. The van der Waals surface area contributed by atoms with E-state index in [0.29, 0.717) is 13.1 Å². The fraction of sp³-hybridized carbons (Fsp3) is 0.409. The largest absolute Gasteiger partial charge is 0.493 e. The summed E-state index contributed by atoms with van der Waals surface area (Å²) in [4.78, 5) is 13.6. The van der Waals surface area contributed by atoms with Crippen molar-refractivity contribution in [3.05, 3.63) is 58.7 Å². The predicted molar refractivity (Wildman–Crippen MR) is 106 cm³/mol. The van der Waals surface area contributed by atoms with Gasteiger partial charge in [0.25, 0.3) is 5.91 Å². The lowest BCUT2D eigenvalue weighted by Crippen LogP contribution is -3.12. The van der Waals surface area contributed by atoms with Crippen molar-refractivity contribution in [2.45, 2.75) is 26.3 Å². The van der Waals surface area contributed by atoms with Gasteiger partial charge in [-0.3, -0.25) is 4.79 Å². The normalized spacial score (nSPS) is 15.7. The second kappa shape index (κ2) is 8.91. The third kappa shape index (κ3) is 4.80. The van der Waals surface area contributed by atoms with Crippen LogP contribution in [0.15, 0.2) is 36.4 Å². The molecule has 5 heteroatoms. The number of aryl methyl sites for hydroxylation is 1. The summed E-state index contributed by atoms with van der Waals surface area (Å²) >= 11 is 0. The maximum absolute atomic E-state index is 12.3. The zero-order valence-corrected chi connectivity index (χ0v) is 16.4. The van der Waals surface area contributed by atoms with E-state index in [1.54, 1.807) is 14.2 Å². The van der Waals surface area contributed by atoms with Crippen LogP contribution < -0.4 is 19.7 Å². The minimum absolute atomic E-state index is 0.113. The molecule has 0 fully saturated rings. The highest BCUT2D eigenvalue weighted by Crippen LogP contribution is 2.31. The summed E-state index contributed by atoms with van der Waals surface area (Å²) in [6, 6.07) is 12.4. The predicted octanol–water partition coefficient (Wildman–Crippen LogP) is 1.31. The molecule has 0 spiro atoms. The maximum Gasteiger partial charge on any atom is 0.275 e. The number of benzene rings is 2. The van der Waals surface area contributed by atoms with Crippen LogP contribution >= 0.6 is 0 Å². The highest BCUT2D eigenvalue weighted by atomic mass is 16.5. The van der Waals surface area contributed by atoms with E-state index in [9.17, 15) is 4.79 Å². The summed E-state index contributed by atoms with van der Waals surface area (Å²) in [5.41, 5.74) is 5.09. The van der Waals surface area contributed by atoms with Crippen molar-refractivity contribution in [1.29, 1.82) is 0 Å². The lowest BCUT2D eigenvalue weighted by Gasteiger charge is -2.26. The summed E-state index contributed by atoms with van der Waals surface area (Å²) < 4.78 is 10.8. The van der Waals surface area contributed by atoms with E-state index < -0.39 is 0 Å². The van der Waals surface area contributed by atoms with Crippen LogP contribution in [0, 0.1) is 6.92 Å². The van der Waals surface area contributed by atoms with Crippen molar-refractivity contribution in [3.63, 3.8) is 0 Å². The van der Waals surface area contributed by atoms with Crippen LogP contribution in [0.2, 0.25) is 0 Å². The van der Waals surface area contributed by atoms with Gasteiger partial charge >= 0.3 is 0 Å². The average molecular weight is 369 g/mol. The minimum Gasteiger partial charge on any atom is -0.493 e. The van der Waals surface area contributed by atoms with E-state index in [1.165, 1.54) is 27.2 Å². The Hall–Kier alpha value is -2.53. The molecular weight excluding hydrogens is 340 g/mol. The highest BCUT2D eigenvalue weighted by molar-refractivity contribution is 5.76. The second-order valence-electron chi connectivity index (χ2n) is 7.11. The molecule has 0 saturated carbocycles. The Morgan fingerprint density at radius 3 is 2.52 bits per heavy atom. The first-order chi connectivity index (χ1) is 13.1. The molecule has 1 aliphatic heterocycles. The van der Waals surface area contributed by atoms with E-state index in [0.717, 1.165) is 37.4 Å². The van der Waals surface area contributed by atoms with Gasteiger partial charge in [-0.15, -0.1) is 0 Å². The fourth-order valence-corrected chi connectivity index (χ4v) is 3.70. The molecular formula is C22H29N2O3+. The van der Waals surface area contributed by atoms with Gasteiger partial charge in [0.05, 0.1) is 20.8 Å². The van der Waals surface area contributed by atoms with Gasteiger partial charge in [0.2, 0.25) is 0 Å².